The van der Waals surface area contributed by atoms with Crippen molar-refractivity contribution in [1.29, 1.82) is 0 Å². The van der Waals surface area contributed by atoms with Gasteiger partial charge in [-0.1, -0.05) is 34.1 Å². The van der Waals surface area contributed by atoms with Gasteiger partial charge in [0, 0.05) is 32.2 Å². The molecule has 0 aromatic rings. The number of nitrogens with zero attached hydrogens (tertiary/aromatic N) is 1. The van der Waals surface area contributed by atoms with E-state index in [9.17, 15) is 0 Å². The van der Waals surface area contributed by atoms with Crippen LogP contribution in [0.1, 0.15) is 40.5 Å². The van der Waals surface area contributed by atoms with Gasteiger partial charge in [0.1, 0.15) is 0 Å². The minimum atomic E-state index is 0.701. The zero-order valence-electron chi connectivity index (χ0n) is 10.9. The zero-order valence-corrected chi connectivity index (χ0v) is 10.9. The van der Waals surface area contributed by atoms with Gasteiger partial charge in [-0.05, 0) is 18.3 Å². The maximum Gasteiger partial charge on any atom is 0.0218 e. The van der Waals surface area contributed by atoms with Gasteiger partial charge in [0.15, 0.2) is 0 Å². The molecule has 0 spiro atoms. The second-order valence-electron chi connectivity index (χ2n) is 5.46. The van der Waals surface area contributed by atoms with Gasteiger partial charge in [0.05, 0.1) is 0 Å². The van der Waals surface area contributed by atoms with Crippen LogP contribution in [0.5, 0.6) is 0 Å². The van der Waals surface area contributed by atoms with Crippen molar-refractivity contribution in [3.05, 3.63) is 0 Å². The van der Waals surface area contributed by atoms with Crippen molar-refractivity contribution in [3.63, 3.8) is 0 Å². The van der Waals surface area contributed by atoms with Crippen LogP contribution in [0.4, 0.5) is 0 Å². The van der Waals surface area contributed by atoms with Gasteiger partial charge in [-0.25, -0.2) is 0 Å². The number of piperazine rings is 1. The van der Waals surface area contributed by atoms with Crippen LogP contribution in [0.25, 0.3) is 0 Å². The van der Waals surface area contributed by atoms with E-state index in [1.807, 2.05) is 0 Å². The average Bonchev–Trinajstić information content (AvgIpc) is 2.18. The zero-order chi connectivity index (χ0) is 11.3. The Labute approximate surface area is 95.4 Å². The SMILES string of the molecule is CCCC(C)CN1CCNC(C(C)C)C1. The minimum absolute atomic E-state index is 0.701. The van der Waals surface area contributed by atoms with Gasteiger partial charge in [-0.3, -0.25) is 0 Å². The second kappa shape index (κ2) is 6.49. The van der Waals surface area contributed by atoms with Crippen LogP contribution in [0.15, 0.2) is 0 Å². The van der Waals surface area contributed by atoms with E-state index in [-0.39, 0.29) is 0 Å². The van der Waals surface area contributed by atoms with Crippen LogP contribution in [-0.2, 0) is 0 Å². The topological polar surface area (TPSA) is 15.3 Å². The summed E-state index contributed by atoms with van der Waals surface area (Å²) < 4.78 is 0. The predicted molar refractivity (Wildman–Crippen MR) is 67.1 cm³/mol. The Morgan fingerprint density at radius 3 is 2.67 bits per heavy atom. The van der Waals surface area contributed by atoms with Gasteiger partial charge in [-0.2, -0.15) is 0 Å². The van der Waals surface area contributed by atoms with Gasteiger partial charge >= 0.3 is 0 Å². The number of hydrogen-bond acceptors (Lipinski definition) is 2. The third kappa shape index (κ3) is 4.52. The van der Waals surface area contributed by atoms with E-state index in [4.69, 9.17) is 0 Å². The molecule has 2 heteroatoms. The lowest BCUT2D eigenvalue weighted by Crippen LogP contribution is -2.53. The normalized spacial score (nSPS) is 25.8. The van der Waals surface area contributed by atoms with Crippen LogP contribution in [0.2, 0.25) is 0 Å². The summed E-state index contributed by atoms with van der Waals surface area (Å²) in [6, 6.07) is 0.701. The maximum atomic E-state index is 3.61. The maximum absolute atomic E-state index is 3.61. The van der Waals surface area contributed by atoms with Crippen molar-refractivity contribution in [1.82, 2.24) is 10.2 Å². The van der Waals surface area contributed by atoms with E-state index in [1.54, 1.807) is 0 Å². The summed E-state index contributed by atoms with van der Waals surface area (Å²) in [5.74, 6) is 1.62. The van der Waals surface area contributed by atoms with E-state index < -0.39 is 0 Å². The Balaban J connectivity index is 2.29. The van der Waals surface area contributed by atoms with Crippen molar-refractivity contribution in [3.8, 4) is 0 Å². The molecule has 1 rings (SSSR count). The summed E-state index contributed by atoms with van der Waals surface area (Å²) in [5.41, 5.74) is 0. The van der Waals surface area contributed by atoms with Gasteiger partial charge in [0.25, 0.3) is 0 Å². The van der Waals surface area contributed by atoms with E-state index in [0.29, 0.717) is 6.04 Å². The fraction of sp³-hybridized carbons (Fsp3) is 1.00. The average molecular weight is 212 g/mol. The summed E-state index contributed by atoms with van der Waals surface area (Å²) in [4.78, 5) is 2.64. The largest absolute Gasteiger partial charge is 0.311 e. The molecule has 2 unspecified atom stereocenters. The first-order valence-electron chi connectivity index (χ1n) is 6.59. The van der Waals surface area contributed by atoms with Crippen molar-refractivity contribution >= 4 is 0 Å². The van der Waals surface area contributed by atoms with Gasteiger partial charge < -0.3 is 10.2 Å². The Hall–Kier alpha value is -0.0800. The molecular weight excluding hydrogens is 184 g/mol. The summed E-state index contributed by atoms with van der Waals surface area (Å²) in [6.07, 6.45) is 2.69. The first-order chi connectivity index (χ1) is 7.13. The molecule has 1 aliphatic rings. The lowest BCUT2D eigenvalue weighted by atomic mass is 10.00. The second-order valence-corrected chi connectivity index (χ2v) is 5.46. The standard InChI is InChI=1S/C13H28N2/c1-5-6-12(4)9-15-8-7-14-13(10-15)11(2)3/h11-14H,5-10H2,1-4H3. The van der Waals surface area contributed by atoms with E-state index >= 15 is 0 Å². The first-order valence-corrected chi connectivity index (χ1v) is 6.59. The Morgan fingerprint density at radius 1 is 1.33 bits per heavy atom. The van der Waals surface area contributed by atoms with E-state index in [1.165, 1.54) is 39.0 Å². The molecule has 0 aromatic carbocycles. The molecule has 1 aliphatic heterocycles. The number of nitrogens with one attached hydrogen (secondary N) is 1. The van der Waals surface area contributed by atoms with E-state index in [2.05, 4.69) is 37.9 Å². The van der Waals surface area contributed by atoms with Crippen LogP contribution in [-0.4, -0.2) is 37.1 Å². The highest BCUT2D eigenvalue weighted by molar-refractivity contribution is 4.81. The van der Waals surface area contributed by atoms with Crippen molar-refractivity contribution in [2.24, 2.45) is 11.8 Å². The highest BCUT2D eigenvalue weighted by atomic mass is 15.2. The molecule has 0 aliphatic carbocycles. The Bertz CT molecular complexity index is 168. The van der Waals surface area contributed by atoms with Crippen molar-refractivity contribution < 1.29 is 0 Å². The van der Waals surface area contributed by atoms with Crippen LogP contribution in [0.3, 0.4) is 0 Å². The molecule has 0 amide bonds. The van der Waals surface area contributed by atoms with Crippen molar-refractivity contribution in [2.75, 3.05) is 26.2 Å². The summed E-state index contributed by atoms with van der Waals surface area (Å²) in [7, 11) is 0. The molecule has 1 fully saturated rings. The molecule has 1 saturated heterocycles. The monoisotopic (exact) mass is 212 g/mol. The Kier molecular flexibility index (Phi) is 5.62. The first kappa shape index (κ1) is 13.0. The summed E-state index contributed by atoms with van der Waals surface area (Å²) in [6.45, 7) is 14.2. The minimum Gasteiger partial charge on any atom is -0.311 e. The van der Waals surface area contributed by atoms with Crippen molar-refractivity contribution in [2.45, 2.75) is 46.6 Å². The quantitative estimate of drug-likeness (QED) is 0.752. The molecule has 2 atom stereocenters. The molecule has 90 valence electrons. The molecule has 0 bridgehead atoms. The van der Waals surface area contributed by atoms with E-state index in [0.717, 1.165) is 11.8 Å². The summed E-state index contributed by atoms with van der Waals surface area (Å²) in [5, 5.41) is 3.61. The third-order valence-corrected chi connectivity index (χ3v) is 3.45. The number of rotatable bonds is 5. The fourth-order valence-corrected chi connectivity index (χ4v) is 2.48. The van der Waals surface area contributed by atoms with Gasteiger partial charge in [-0.15, -0.1) is 0 Å². The third-order valence-electron chi connectivity index (χ3n) is 3.45. The fourth-order valence-electron chi connectivity index (χ4n) is 2.48. The molecule has 1 heterocycles. The predicted octanol–water partition coefficient (Wildman–Crippen LogP) is 2.35. The highest BCUT2D eigenvalue weighted by Crippen LogP contribution is 2.12. The van der Waals surface area contributed by atoms with Crippen LogP contribution < -0.4 is 5.32 Å². The van der Waals surface area contributed by atoms with Gasteiger partial charge in [0.2, 0.25) is 0 Å². The lowest BCUT2D eigenvalue weighted by molar-refractivity contribution is 0.154. The van der Waals surface area contributed by atoms with Crippen LogP contribution >= 0.6 is 0 Å². The number of hydrogen-bond donors (Lipinski definition) is 1. The molecule has 0 saturated carbocycles. The molecule has 0 radical (unpaired) electrons. The molecular formula is C13H28N2. The molecule has 0 aromatic heterocycles. The molecule has 2 nitrogen and oxygen atoms in total. The molecule has 1 N–H and O–H groups in total. The lowest BCUT2D eigenvalue weighted by Gasteiger charge is -2.37. The Morgan fingerprint density at radius 2 is 2.07 bits per heavy atom. The highest BCUT2D eigenvalue weighted by Gasteiger charge is 2.22. The van der Waals surface area contributed by atoms with Crippen LogP contribution in [0, 0.1) is 11.8 Å². The summed E-state index contributed by atoms with van der Waals surface area (Å²) >= 11 is 0. The smallest absolute Gasteiger partial charge is 0.0218 e. The molecule has 15 heavy (non-hydrogen) atoms.